The third-order valence-electron chi connectivity index (χ3n) is 3.10. The summed E-state index contributed by atoms with van der Waals surface area (Å²) in [5, 5.41) is 9.73. The lowest BCUT2D eigenvalue weighted by Gasteiger charge is -1.99. The van der Waals surface area contributed by atoms with E-state index in [9.17, 15) is 4.79 Å². The molecule has 17 heavy (non-hydrogen) atoms. The van der Waals surface area contributed by atoms with Crippen molar-refractivity contribution in [2.24, 2.45) is 0 Å². The van der Waals surface area contributed by atoms with Gasteiger partial charge in [0.25, 0.3) is 0 Å². The van der Waals surface area contributed by atoms with Crippen LogP contribution in [0.2, 0.25) is 0 Å². The maximum Gasteiger partial charge on any atom is 0.303 e. The lowest BCUT2D eigenvalue weighted by Crippen LogP contribution is -1.95. The first-order valence-electron chi connectivity index (χ1n) is 5.78. The summed E-state index contributed by atoms with van der Waals surface area (Å²) >= 11 is 0. The standard InChI is InChI=1S/C14H16O3/c1-9-10(2)17-13-8-11(6-7-12(9)13)4-3-5-14(15)16/h6-8H,3-5H2,1-2H3,(H,15,16). The number of rotatable bonds is 4. The molecule has 2 rings (SSSR count). The second-order valence-electron chi connectivity index (χ2n) is 4.36. The average molecular weight is 232 g/mol. The summed E-state index contributed by atoms with van der Waals surface area (Å²) in [6, 6.07) is 6.11. The van der Waals surface area contributed by atoms with E-state index in [4.69, 9.17) is 9.52 Å². The SMILES string of the molecule is Cc1oc2cc(CCCC(=O)O)ccc2c1C. The number of fused-ring (bicyclic) bond motifs is 1. The van der Waals surface area contributed by atoms with Crippen molar-refractivity contribution in [3.05, 3.63) is 35.1 Å². The molecule has 1 N–H and O–H groups in total. The first-order valence-corrected chi connectivity index (χ1v) is 5.78. The van der Waals surface area contributed by atoms with Crippen LogP contribution in [0.25, 0.3) is 11.0 Å². The molecule has 0 amide bonds. The highest BCUT2D eigenvalue weighted by Crippen LogP contribution is 2.25. The predicted molar refractivity (Wildman–Crippen MR) is 66.3 cm³/mol. The summed E-state index contributed by atoms with van der Waals surface area (Å²) in [5.41, 5.74) is 3.21. The van der Waals surface area contributed by atoms with Gasteiger partial charge in [0.2, 0.25) is 0 Å². The summed E-state index contributed by atoms with van der Waals surface area (Å²) < 4.78 is 5.65. The molecule has 90 valence electrons. The van der Waals surface area contributed by atoms with E-state index in [0.29, 0.717) is 6.42 Å². The van der Waals surface area contributed by atoms with Gasteiger partial charge in [-0.05, 0) is 43.9 Å². The minimum Gasteiger partial charge on any atom is -0.481 e. The third kappa shape index (κ3) is 2.49. The quantitative estimate of drug-likeness (QED) is 0.878. The largest absolute Gasteiger partial charge is 0.481 e. The third-order valence-corrected chi connectivity index (χ3v) is 3.10. The fourth-order valence-corrected chi connectivity index (χ4v) is 1.99. The van der Waals surface area contributed by atoms with Gasteiger partial charge in [-0.3, -0.25) is 4.79 Å². The molecule has 0 radical (unpaired) electrons. The predicted octanol–water partition coefficient (Wildman–Crippen LogP) is 3.46. The second-order valence-corrected chi connectivity index (χ2v) is 4.36. The lowest BCUT2D eigenvalue weighted by atomic mass is 10.1. The van der Waals surface area contributed by atoms with Crippen LogP contribution < -0.4 is 0 Å². The maximum absolute atomic E-state index is 10.4. The fourth-order valence-electron chi connectivity index (χ4n) is 1.99. The highest BCUT2D eigenvalue weighted by Gasteiger charge is 2.07. The molecule has 2 aromatic rings. The van der Waals surface area contributed by atoms with Crippen LogP contribution in [0.3, 0.4) is 0 Å². The molecule has 0 aliphatic carbocycles. The fraction of sp³-hybridized carbons (Fsp3) is 0.357. The highest BCUT2D eigenvalue weighted by atomic mass is 16.4. The molecule has 3 nitrogen and oxygen atoms in total. The lowest BCUT2D eigenvalue weighted by molar-refractivity contribution is -0.137. The number of hydrogen-bond acceptors (Lipinski definition) is 2. The van der Waals surface area contributed by atoms with Crippen molar-refractivity contribution in [1.82, 2.24) is 0 Å². The number of aryl methyl sites for hydroxylation is 3. The molecule has 0 spiro atoms. The van der Waals surface area contributed by atoms with Crippen molar-refractivity contribution in [3.63, 3.8) is 0 Å². The number of furan rings is 1. The molecule has 1 aromatic carbocycles. The molecule has 0 aliphatic rings. The van der Waals surface area contributed by atoms with E-state index in [1.165, 1.54) is 5.56 Å². The van der Waals surface area contributed by atoms with E-state index in [-0.39, 0.29) is 6.42 Å². The molecule has 0 atom stereocenters. The summed E-state index contributed by atoms with van der Waals surface area (Å²) in [7, 11) is 0. The van der Waals surface area contributed by atoms with Gasteiger partial charge in [-0.25, -0.2) is 0 Å². The normalized spacial score (nSPS) is 10.9. The molecule has 1 aromatic heterocycles. The van der Waals surface area contributed by atoms with Crippen LogP contribution >= 0.6 is 0 Å². The Morgan fingerprint density at radius 1 is 1.35 bits per heavy atom. The van der Waals surface area contributed by atoms with Crippen LogP contribution in [-0.2, 0) is 11.2 Å². The molecule has 0 saturated carbocycles. The number of aliphatic carboxylic acids is 1. The van der Waals surface area contributed by atoms with Crippen LogP contribution in [0.5, 0.6) is 0 Å². The summed E-state index contributed by atoms with van der Waals surface area (Å²) in [6.45, 7) is 4.00. The van der Waals surface area contributed by atoms with E-state index >= 15 is 0 Å². The zero-order valence-corrected chi connectivity index (χ0v) is 10.1. The molecular formula is C14H16O3. The maximum atomic E-state index is 10.4. The van der Waals surface area contributed by atoms with E-state index in [0.717, 1.165) is 28.7 Å². The van der Waals surface area contributed by atoms with Crippen LogP contribution in [0, 0.1) is 13.8 Å². The minimum absolute atomic E-state index is 0.217. The Balaban J connectivity index is 2.17. The van der Waals surface area contributed by atoms with Gasteiger partial charge in [-0.2, -0.15) is 0 Å². The topological polar surface area (TPSA) is 50.4 Å². The number of benzene rings is 1. The Bertz CT molecular complexity index is 552. The molecule has 3 heteroatoms. The van der Waals surface area contributed by atoms with E-state index < -0.39 is 5.97 Å². The van der Waals surface area contributed by atoms with Crippen molar-refractivity contribution in [2.75, 3.05) is 0 Å². The van der Waals surface area contributed by atoms with Crippen molar-refractivity contribution in [3.8, 4) is 0 Å². The van der Waals surface area contributed by atoms with Gasteiger partial charge < -0.3 is 9.52 Å². The molecule has 0 saturated heterocycles. The highest BCUT2D eigenvalue weighted by molar-refractivity contribution is 5.82. The Morgan fingerprint density at radius 2 is 2.12 bits per heavy atom. The average Bonchev–Trinajstić information content (AvgIpc) is 2.54. The number of carboxylic acids is 1. The van der Waals surface area contributed by atoms with E-state index in [2.05, 4.69) is 6.07 Å². The van der Waals surface area contributed by atoms with Crippen molar-refractivity contribution < 1.29 is 14.3 Å². The Morgan fingerprint density at radius 3 is 2.82 bits per heavy atom. The molecule has 0 aliphatic heterocycles. The summed E-state index contributed by atoms with van der Waals surface area (Å²) in [5.74, 6) is 0.207. The molecule has 0 bridgehead atoms. The molecule has 1 heterocycles. The monoisotopic (exact) mass is 232 g/mol. The van der Waals surface area contributed by atoms with Gasteiger partial charge in [0, 0.05) is 11.8 Å². The molecular weight excluding hydrogens is 216 g/mol. The molecule has 0 unspecified atom stereocenters. The van der Waals surface area contributed by atoms with Gasteiger partial charge in [-0.1, -0.05) is 12.1 Å². The first kappa shape index (κ1) is 11.7. The molecule has 0 fully saturated rings. The summed E-state index contributed by atoms with van der Waals surface area (Å²) in [6.07, 6.45) is 1.66. The van der Waals surface area contributed by atoms with Gasteiger partial charge in [0.15, 0.2) is 0 Å². The van der Waals surface area contributed by atoms with E-state index in [1.54, 1.807) is 0 Å². The zero-order valence-electron chi connectivity index (χ0n) is 10.1. The minimum atomic E-state index is -0.740. The summed E-state index contributed by atoms with van der Waals surface area (Å²) in [4.78, 5) is 10.4. The van der Waals surface area contributed by atoms with Gasteiger partial charge in [0.1, 0.15) is 11.3 Å². The van der Waals surface area contributed by atoms with Crippen LogP contribution in [0.1, 0.15) is 29.7 Å². The Kier molecular flexibility index (Phi) is 3.18. The van der Waals surface area contributed by atoms with Crippen LogP contribution in [0.15, 0.2) is 22.6 Å². The van der Waals surface area contributed by atoms with Crippen molar-refractivity contribution in [2.45, 2.75) is 33.1 Å². The smallest absolute Gasteiger partial charge is 0.303 e. The zero-order chi connectivity index (χ0) is 12.4. The van der Waals surface area contributed by atoms with Gasteiger partial charge in [-0.15, -0.1) is 0 Å². The van der Waals surface area contributed by atoms with Crippen LogP contribution in [-0.4, -0.2) is 11.1 Å². The number of carbonyl (C=O) groups is 1. The van der Waals surface area contributed by atoms with Crippen LogP contribution in [0.4, 0.5) is 0 Å². The second kappa shape index (κ2) is 4.62. The number of hydrogen-bond donors (Lipinski definition) is 1. The Labute approximate surface area is 100 Å². The van der Waals surface area contributed by atoms with Crippen molar-refractivity contribution in [1.29, 1.82) is 0 Å². The van der Waals surface area contributed by atoms with E-state index in [1.807, 2.05) is 26.0 Å². The first-order chi connectivity index (χ1) is 8.08. The van der Waals surface area contributed by atoms with Crippen molar-refractivity contribution >= 4 is 16.9 Å². The Hall–Kier alpha value is -1.77. The van der Waals surface area contributed by atoms with Gasteiger partial charge in [0.05, 0.1) is 0 Å². The van der Waals surface area contributed by atoms with Gasteiger partial charge >= 0.3 is 5.97 Å². The number of carboxylic acid groups (broad SMARTS) is 1.